The monoisotopic (exact) mass is 452 g/mol. The number of hydrogen-bond acceptors (Lipinski definition) is 4. The molecule has 0 spiro atoms. The van der Waals surface area contributed by atoms with Crippen LogP contribution in [0.15, 0.2) is 47.1 Å². The summed E-state index contributed by atoms with van der Waals surface area (Å²) in [4.78, 5) is 30.9. The molecular formula is C22H27F3N4O3. The summed E-state index contributed by atoms with van der Waals surface area (Å²) in [5, 5.41) is 2.50. The minimum atomic E-state index is -4.51. The number of nitrogens with one attached hydrogen (secondary N) is 1. The second kappa shape index (κ2) is 10.5. The number of piperazine rings is 1. The van der Waals surface area contributed by atoms with Crippen molar-refractivity contribution in [3.63, 3.8) is 0 Å². The van der Waals surface area contributed by atoms with E-state index in [1.165, 1.54) is 23.3 Å². The standard InChI is InChI=1S/C22H27F3N4O3/c1-2-27-10-12-28(13-11-27)20(30)8-9-29(16-19-7-4-14-32-19)21(31)26-18-6-3-5-17(15-18)22(23,24)25/h3-7,14-15H,2,8-13,16H2,1H3,(H,26,31). The minimum Gasteiger partial charge on any atom is -0.467 e. The fraction of sp³-hybridized carbons (Fsp3) is 0.455. The van der Waals surface area contributed by atoms with Gasteiger partial charge in [-0.25, -0.2) is 4.79 Å². The van der Waals surface area contributed by atoms with Crippen molar-refractivity contribution in [1.29, 1.82) is 0 Å². The highest BCUT2D eigenvalue weighted by Crippen LogP contribution is 2.30. The Bertz CT molecular complexity index is 894. The molecule has 0 saturated carbocycles. The van der Waals surface area contributed by atoms with Crippen molar-refractivity contribution in [1.82, 2.24) is 14.7 Å². The Morgan fingerprint density at radius 3 is 2.50 bits per heavy atom. The fourth-order valence-electron chi connectivity index (χ4n) is 3.52. The first kappa shape index (κ1) is 23.6. The number of carbonyl (C=O) groups is 2. The highest BCUT2D eigenvalue weighted by molar-refractivity contribution is 5.89. The lowest BCUT2D eigenvalue weighted by molar-refractivity contribution is -0.137. The number of benzene rings is 1. The molecule has 1 fully saturated rings. The molecule has 0 bridgehead atoms. The van der Waals surface area contributed by atoms with Gasteiger partial charge in [0.1, 0.15) is 5.76 Å². The van der Waals surface area contributed by atoms with E-state index in [4.69, 9.17) is 4.42 Å². The number of nitrogens with zero attached hydrogens (tertiary/aromatic N) is 3. The van der Waals surface area contributed by atoms with Crippen LogP contribution in [0.25, 0.3) is 0 Å². The molecule has 1 N–H and O–H groups in total. The minimum absolute atomic E-state index is 0.0243. The van der Waals surface area contributed by atoms with E-state index in [9.17, 15) is 22.8 Å². The summed E-state index contributed by atoms with van der Waals surface area (Å²) in [7, 11) is 0. The normalized spacial score (nSPS) is 14.9. The highest BCUT2D eigenvalue weighted by atomic mass is 19.4. The van der Waals surface area contributed by atoms with E-state index in [1.54, 1.807) is 17.0 Å². The molecule has 3 rings (SSSR count). The van der Waals surface area contributed by atoms with Gasteiger partial charge in [-0.3, -0.25) is 4.79 Å². The predicted molar refractivity (Wildman–Crippen MR) is 113 cm³/mol. The van der Waals surface area contributed by atoms with E-state index in [0.29, 0.717) is 18.8 Å². The summed E-state index contributed by atoms with van der Waals surface area (Å²) < 4.78 is 44.2. The number of anilines is 1. The van der Waals surface area contributed by atoms with Gasteiger partial charge in [0, 0.05) is 44.8 Å². The second-order valence-corrected chi connectivity index (χ2v) is 7.57. The van der Waals surface area contributed by atoms with Gasteiger partial charge in [0.15, 0.2) is 0 Å². The second-order valence-electron chi connectivity index (χ2n) is 7.57. The number of rotatable bonds is 7. The summed E-state index contributed by atoms with van der Waals surface area (Å²) >= 11 is 0. The van der Waals surface area contributed by atoms with Crippen molar-refractivity contribution < 1.29 is 27.2 Å². The summed E-state index contributed by atoms with van der Waals surface area (Å²) in [5.74, 6) is 0.449. The third kappa shape index (κ3) is 6.49. The summed E-state index contributed by atoms with van der Waals surface area (Å²) in [6.45, 7) is 6.13. The Morgan fingerprint density at radius 1 is 1.12 bits per heavy atom. The molecule has 1 aliphatic rings. The van der Waals surface area contributed by atoms with Crippen LogP contribution in [0.1, 0.15) is 24.7 Å². The van der Waals surface area contributed by atoms with Crippen LogP contribution in [-0.2, 0) is 17.5 Å². The molecule has 10 heteroatoms. The van der Waals surface area contributed by atoms with E-state index in [1.807, 2.05) is 0 Å². The Labute approximate surface area is 184 Å². The first-order chi connectivity index (χ1) is 15.3. The number of hydrogen-bond donors (Lipinski definition) is 1. The maximum absolute atomic E-state index is 13.0. The van der Waals surface area contributed by atoms with Gasteiger partial charge in [-0.15, -0.1) is 0 Å². The van der Waals surface area contributed by atoms with Gasteiger partial charge in [0.05, 0.1) is 18.4 Å². The summed E-state index contributed by atoms with van der Waals surface area (Å²) in [5.41, 5.74) is -0.828. The SMILES string of the molecule is CCN1CCN(C(=O)CCN(Cc2ccco2)C(=O)Nc2cccc(C(F)(F)F)c2)CC1. The van der Waals surface area contributed by atoms with Gasteiger partial charge in [-0.1, -0.05) is 13.0 Å². The van der Waals surface area contributed by atoms with Crippen LogP contribution < -0.4 is 5.32 Å². The Morgan fingerprint density at radius 2 is 1.88 bits per heavy atom. The molecular weight excluding hydrogens is 425 g/mol. The maximum Gasteiger partial charge on any atom is 0.416 e. The number of halogens is 3. The topological polar surface area (TPSA) is 69.0 Å². The van der Waals surface area contributed by atoms with Crippen LogP contribution in [-0.4, -0.2) is 65.9 Å². The molecule has 174 valence electrons. The predicted octanol–water partition coefficient (Wildman–Crippen LogP) is 3.89. The zero-order chi connectivity index (χ0) is 23.1. The third-order valence-corrected chi connectivity index (χ3v) is 5.42. The van der Waals surface area contributed by atoms with Crippen molar-refractivity contribution in [3.8, 4) is 0 Å². The van der Waals surface area contributed by atoms with Crippen LogP contribution in [0.5, 0.6) is 0 Å². The molecule has 2 aromatic rings. The quantitative estimate of drug-likeness (QED) is 0.692. The zero-order valence-electron chi connectivity index (χ0n) is 17.9. The lowest BCUT2D eigenvalue weighted by Crippen LogP contribution is -2.49. The molecule has 1 aromatic carbocycles. The van der Waals surface area contributed by atoms with Crippen molar-refractivity contribution >= 4 is 17.6 Å². The zero-order valence-corrected chi connectivity index (χ0v) is 17.9. The van der Waals surface area contributed by atoms with Gasteiger partial charge in [0.25, 0.3) is 0 Å². The van der Waals surface area contributed by atoms with Gasteiger partial charge >= 0.3 is 12.2 Å². The van der Waals surface area contributed by atoms with Gasteiger partial charge < -0.3 is 24.4 Å². The van der Waals surface area contributed by atoms with E-state index in [-0.39, 0.29) is 31.1 Å². The molecule has 0 atom stereocenters. The van der Waals surface area contributed by atoms with E-state index < -0.39 is 17.8 Å². The Hall–Kier alpha value is -3.01. The number of likely N-dealkylation sites (N-methyl/N-ethyl adjacent to an activating group) is 1. The van der Waals surface area contributed by atoms with Crippen molar-refractivity contribution in [3.05, 3.63) is 54.0 Å². The number of carbonyl (C=O) groups excluding carboxylic acids is 2. The molecule has 2 heterocycles. The lowest BCUT2D eigenvalue weighted by Gasteiger charge is -2.34. The first-order valence-electron chi connectivity index (χ1n) is 10.5. The Kier molecular flexibility index (Phi) is 7.79. The summed E-state index contributed by atoms with van der Waals surface area (Å²) in [6.07, 6.45) is -2.93. The molecule has 1 aromatic heterocycles. The maximum atomic E-state index is 13.0. The van der Waals surface area contributed by atoms with E-state index in [2.05, 4.69) is 17.1 Å². The van der Waals surface area contributed by atoms with Gasteiger partial charge in [0.2, 0.25) is 5.91 Å². The molecule has 0 radical (unpaired) electrons. The number of furan rings is 1. The summed E-state index contributed by atoms with van der Waals surface area (Å²) in [6, 6.07) is 7.19. The van der Waals surface area contributed by atoms with Crippen molar-refractivity contribution in [2.24, 2.45) is 0 Å². The van der Waals surface area contributed by atoms with Crippen LogP contribution in [0.4, 0.5) is 23.7 Å². The van der Waals surface area contributed by atoms with Crippen LogP contribution in [0.2, 0.25) is 0 Å². The molecule has 1 saturated heterocycles. The van der Waals surface area contributed by atoms with E-state index in [0.717, 1.165) is 31.8 Å². The molecule has 7 nitrogen and oxygen atoms in total. The van der Waals surface area contributed by atoms with E-state index >= 15 is 0 Å². The van der Waals surface area contributed by atoms with Gasteiger partial charge in [-0.05, 0) is 36.9 Å². The van der Waals surface area contributed by atoms with Crippen LogP contribution in [0.3, 0.4) is 0 Å². The number of alkyl halides is 3. The highest BCUT2D eigenvalue weighted by Gasteiger charge is 2.30. The average Bonchev–Trinajstić information content (AvgIpc) is 3.29. The van der Waals surface area contributed by atoms with Gasteiger partial charge in [-0.2, -0.15) is 13.2 Å². The molecule has 0 unspecified atom stereocenters. The van der Waals surface area contributed by atoms with Crippen molar-refractivity contribution in [2.45, 2.75) is 26.1 Å². The molecule has 32 heavy (non-hydrogen) atoms. The van der Waals surface area contributed by atoms with Crippen molar-refractivity contribution in [2.75, 3.05) is 44.6 Å². The molecule has 3 amide bonds. The largest absolute Gasteiger partial charge is 0.467 e. The fourth-order valence-corrected chi connectivity index (χ4v) is 3.52. The number of urea groups is 1. The smallest absolute Gasteiger partial charge is 0.416 e. The average molecular weight is 452 g/mol. The molecule has 1 aliphatic heterocycles. The third-order valence-electron chi connectivity index (χ3n) is 5.42. The lowest BCUT2D eigenvalue weighted by atomic mass is 10.2. The van der Waals surface area contributed by atoms with Crippen LogP contribution >= 0.6 is 0 Å². The van der Waals surface area contributed by atoms with Crippen LogP contribution in [0, 0.1) is 0 Å². The number of amides is 3. The Balaban J connectivity index is 1.63. The first-order valence-corrected chi connectivity index (χ1v) is 10.5. The molecule has 0 aliphatic carbocycles.